The van der Waals surface area contributed by atoms with Crippen molar-refractivity contribution in [3.8, 4) is 16.9 Å². The summed E-state index contributed by atoms with van der Waals surface area (Å²) in [6, 6.07) is 18.9. The van der Waals surface area contributed by atoms with Gasteiger partial charge in [-0.1, -0.05) is 55.8 Å². The Morgan fingerprint density at radius 2 is 1.52 bits per heavy atom. The molecule has 0 N–H and O–H groups in total. The van der Waals surface area contributed by atoms with Crippen molar-refractivity contribution in [2.45, 2.75) is 13.8 Å². The van der Waals surface area contributed by atoms with Gasteiger partial charge < -0.3 is 9.80 Å². The SMILES string of the molecule is CC(C)C(=O)N1CCN(C(=O)c2cc(-c3ccc(Cl)cc3)nn2-c2ccccc2)CC1. The Hall–Kier alpha value is -3.12. The van der Waals surface area contributed by atoms with Crippen molar-refractivity contribution in [2.75, 3.05) is 26.2 Å². The molecule has 1 saturated heterocycles. The van der Waals surface area contributed by atoms with E-state index in [0.29, 0.717) is 42.6 Å². The molecular formula is C24H25ClN4O2. The quantitative estimate of drug-likeness (QED) is 0.617. The number of hydrogen-bond donors (Lipinski definition) is 0. The molecule has 6 nitrogen and oxygen atoms in total. The Morgan fingerprint density at radius 1 is 0.903 bits per heavy atom. The first-order chi connectivity index (χ1) is 14.9. The molecule has 0 aliphatic carbocycles. The van der Waals surface area contributed by atoms with Gasteiger partial charge in [-0.15, -0.1) is 0 Å². The third-order valence-electron chi connectivity index (χ3n) is 5.44. The van der Waals surface area contributed by atoms with E-state index in [1.807, 2.05) is 79.4 Å². The molecule has 0 spiro atoms. The zero-order valence-electron chi connectivity index (χ0n) is 17.7. The summed E-state index contributed by atoms with van der Waals surface area (Å²) in [6.45, 7) is 5.91. The minimum atomic E-state index is -0.0896. The molecule has 0 bridgehead atoms. The van der Waals surface area contributed by atoms with E-state index < -0.39 is 0 Å². The molecule has 1 aromatic heterocycles. The van der Waals surface area contributed by atoms with Crippen LogP contribution in [0.3, 0.4) is 0 Å². The zero-order valence-corrected chi connectivity index (χ0v) is 18.4. The fourth-order valence-electron chi connectivity index (χ4n) is 3.72. The van der Waals surface area contributed by atoms with Gasteiger partial charge >= 0.3 is 0 Å². The van der Waals surface area contributed by atoms with Crippen LogP contribution >= 0.6 is 11.6 Å². The lowest BCUT2D eigenvalue weighted by molar-refractivity contribution is -0.135. The summed E-state index contributed by atoms with van der Waals surface area (Å²) in [4.78, 5) is 29.3. The summed E-state index contributed by atoms with van der Waals surface area (Å²) in [6.07, 6.45) is 0. The summed E-state index contributed by atoms with van der Waals surface area (Å²) < 4.78 is 1.69. The first kappa shape index (κ1) is 21.1. The molecule has 0 unspecified atom stereocenters. The molecule has 160 valence electrons. The second-order valence-electron chi connectivity index (χ2n) is 7.94. The van der Waals surface area contributed by atoms with Gasteiger partial charge in [-0.25, -0.2) is 4.68 Å². The molecule has 2 aromatic carbocycles. The zero-order chi connectivity index (χ0) is 22.0. The number of nitrogens with zero attached hydrogens (tertiary/aromatic N) is 4. The predicted octanol–water partition coefficient (Wildman–Crippen LogP) is 4.13. The minimum Gasteiger partial charge on any atom is -0.339 e. The minimum absolute atomic E-state index is 0.0382. The Balaban J connectivity index is 1.63. The molecule has 31 heavy (non-hydrogen) atoms. The highest BCUT2D eigenvalue weighted by Crippen LogP contribution is 2.24. The van der Waals surface area contributed by atoms with Crippen LogP contribution in [0.25, 0.3) is 16.9 Å². The van der Waals surface area contributed by atoms with E-state index >= 15 is 0 Å². The largest absolute Gasteiger partial charge is 0.339 e. The Labute approximate surface area is 187 Å². The smallest absolute Gasteiger partial charge is 0.272 e. The van der Waals surface area contributed by atoms with Gasteiger partial charge in [0.05, 0.1) is 11.4 Å². The molecule has 1 fully saturated rings. The molecule has 4 rings (SSSR count). The lowest BCUT2D eigenvalue weighted by Gasteiger charge is -2.35. The number of halogens is 1. The maximum atomic E-state index is 13.4. The summed E-state index contributed by atoms with van der Waals surface area (Å²) in [5.74, 6) is 0.00311. The standard InChI is InChI=1S/C24H25ClN4O2/c1-17(2)23(30)27-12-14-28(15-13-27)24(31)22-16-21(18-8-10-19(25)11-9-18)26-29(22)20-6-4-3-5-7-20/h3-11,16-17H,12-15H2,1-2H3. The highest BCUT2D eigenvalue weighted by molar-refractivity contribution is 6.30. The molecule has 2 amide bonds. The van der Waals surface area contributed by atoms with Crippen molar-refractivity contribution in [3.05, 3.63) is 71.4 Å². The molecule has 0 radical (unpaired) electrons. The monoisotopic (exact) mass is 436 g/mol. The van der Waals surface area contributed by atoms with Gasteiger partial charge in [0, 0.05) is 42.7 Å². The van der Waals surface area contributed by atoms with Gasteiger partial charge in [0.15, 0.2) is 0 Å². The van der Waals surface area contributed by atoms with Crippen LogP contribution in [0.1, 0.15) is 24.3 Å². The van der Waals surface area contributed by atoms with Crippen molar-refractivity contribution in [2.24, 2.45) is 5.92 Å². The maximum absolute atomic E-state index is 13.4. The summed E-state index contributed by atoms with van der Waals surface area (Å²) in [5.41, 5.74) is 2.91. The average Bonchev–Trinajstić information content (AvgIpc) is 3.24. The third-order valence-corrected chi connectivity index (χ3v) is 5.69. The van der Waals surface area contributed by atoms with Gasteiger partial charge in [0.1, 0.15) is 5.69 Å². The summed E-state index contributed by atoms with van der Waals surface area (Å²) in [7, 11) is 0. The van der Waals surface area contributed by atoms with E-state index in [1.54, 1.807) is 9.58 Å². The normalized spacial score (nSPS) is 14.2. The van der Waals surface area contributed by atoms with Gasteiger partial charge in [-0.05, 0) is 30.3 Å². The van der Waals surface area contributed by atoms with Crippen molar-refractivity contribution in [3.63, 3.8) is 0 Å². The molecule has 2 heterocycles. The number of amides is 2. The van der Waals surface area contributed by atoms with Crippen LogP contribution in [-0.4, -0.2) is 57.6 Å². The molecule has 3 aromatic rings. The lowest BCUT2D eigenvalue weighted by Crippen LogP contribution is -2.51. The van der Waals surface area contributed by atoms with Crippen LogP contribution in [-0.2, 0) is 4.79 Å². The number of hydrogen-bond acceptors (Lipinski definition) is 3. The van der Waals surface area contributed by atoms with Crippen molar-refractivity contribution in [1.29, 1.82) is 0 Å². The van der Waals surface area contributed by atoms with Gasteiger partial charge in [0.2, 0.25) is 5.91 Å². The number of benzene rings is 2. The van der Waals surface area contributed by atoms with E-state index in [1.165, 1.54) is 0 Å². The summed E-state index contributed by atoms with van der Waals surface area (Å²) in [5, 5.41) is 5.37. The predicted molar refractivity (Wildman–Crippen MR) is 121 cm³/mol. The number of rotatable bonds is 4. The molecule has 1 aliphatic heterocycles. The third kappa shape index (κ3) is 4.49. The Bertz CT molecular complexity index is 1070. The number of aromatic nitrogens is 2. The fraction of sp³-hybridized carbons (Fsp3) is 0.292. The van der Waals surface area contributed by atoms with Crippen LogP contribution < -0.4 is 0 Å². The molecule has 1 aliphatic rings. The second-order valence-corrected chi connectivity index (χ2v) is 8.38. The number of para-hydroxylation sites is 1. The first-order valence-corrected chi connectivity index (χ1v) is 10.8. The first-order valence-electron chi connectivity index (χ1n) is 10.4. The Morgan fingerprint density at radius 3 is 2.13 bits per heavy atom. The van der Waals surface area contributed by atoms with E-state index in [9.17, 15) is 9.59 Å². The van der Waals surface area contributed by atoms with Crippen LogP contribution in [0, 0.1) is 5.92 Å². The van der Waals surface area contributed by atoms with Crippen molar-refractivity contribution in [1.82, 2.24) is 19.6 Å². The van der Waals surface area contributed by atoms with Crippen molar-refractivity contribution < 1.29 is 9.59 Å². The molecule has 0 saturated carbocycles. The van der Waals surface area contributed by atoms with Gasteiger partial charge in [-0.3, -0.25) is 9.59 Å². The van der Waals surface area contributed by atoms with Crippen LogP contribution in [0.15, 0.2) is 60.7 Å². The molecule has 7 heteroatoms. The molecular weight excluding hydrogens is 412 g/mol. The fourth-order valence-corrected chi connectivity index (χ4v) is 3.84. The number of piperazine rings is 1. The summed E-state index contributed by atoms with van der Waals surface area (Å²) >= 11 is 6.02. The highest BCUT2D eigenvalue weighted by Gasteiger charge is 2.28. The topological polar surface area (TPSA) is 58.4 Å². The van der Waals surface area contributed by atoms with E-state index in [0.717, 1.165) is 11.3 Å². The van der Waals surface area contributed by atoms with E-state index in [2.05, 4.69) is 0 Å². The molecule has 0 atom stereocenters. The number of carbonyl (C=O) groups excluding carboxylic acids is 2. The number of carbonyl (C=O) groups is 2. The van der Waals surface area contributed by atoms with Gasteiger partial charge in [0.25, 0.3) is 5.91 Å². The highest BCUT2D eigenvalue weighted by atomic mass is 35.5. The van der Waals surface area contributed by atoms with Crippen LogP contribution in [0.2, 0.25) is 5.02 Å². The Kier molecular flexibility index (Phi) is 6.09. The van der Waals surface area contributed by atoms with Crippen LogP contribution in [0.5, 0.6) is 0 Å². The van der Waals surface area contributed by atoms with E-state index in [4.69, 9.17) is 16.7 Å². The van der Waals surface area contributed by atoms with Crippen LogP contribution in [0.4, 0.5) is 0 Å². The lowest BCUT2D eigenvalue weighted by atomic mass is 10.1. The average molecular weight is 437 g/mol. The van der Waals surface area contributed by atoms with Gasteiger partial charge in [-0.2, -0.15) is 5.10 Å². The van der Waals surface area contributed by atoms with Crippen molar-refractivity contribution >= 4 is 23.4 Å². The van der Waals surface area contributed by atoms with E-state index in [-0.39, 0.29) is 17.7 Å². The second kappa shape index (κ2) is 8.94. The maximum Gasteiger partial charge on any atom is 0.272 e.